The molecule has 6 bridgehead atoms. The van der Waals surface area contributed by atoms with E-state index in [1.165, 1.54) is 19.3 Å². The number of nitriles is 1. The first kappa shape index (κ1) is 11.7. The zero-order valence-corrected chi connectivity index (χ0v) is 12.3. The maximum absolute atomic E-state index is 9.81. The van der Waals surface area contributed by atoms with E-state index in [-0.39, 0.29) is 12.5 Å². The van der Waals surface area contributed by atoms with E-state index in [1.54, 1.807) is 0 Å². The number of hydrogen-bond acceptors (Lipinski definition) is 2. The van der Waals surface area contributed by atoms with Gasteiger partial charge in [0.1, 0.15) is 0 Å². The van der Waals surface area contributed by atoms with E-state index in [0.29, 0.717) is 17.8 Å². The Labute approximate surface area is 126 Å². The van der Waals surface area contributed by atoms with E-state index in [4.69, 9.17) is 0 Å². The maximum atomic E-state index is 9.81. The molecule has 1 N–H and O–H groups in total. The smallest absolute Gasteiger partial charge is 0.0662 e. The van der Waals surface area contributed by atoms with Gasteiger partial charge in [0, 0.05) is 12.5 Å². The number of aliphatic hydroxyl groups excluding tert-OH is 1. The SMILES string of the molecule is N#CC1C(CO)C2CC1C1C3CC(C4C5C=CC(C5)C34)C21. The van der Waals surface area contributed by atoms with E-state index in [0.717, 1.165) is 47.3 Å². The predicted molar refractivity (Wildman–Crippen MR) is 77.6 cm³/mol. The van der Waals surface area contributed by atoms with Crippen molar-refractivity contribution in [1.29, 1.82) is 5.26 Å². The molecule has 0 aromatic carbocycles. The van der Waals surface area contributed by atoms with Gasteiger partial charge < -0.3 is 5.11 Å². The van der Waals surface area contributed by atoms with Crippen molar-refractivity contribution in [2.75, 3.05) is 6.61 Å². The fraction of sp³-hybridized carbons (Fsp3) is 0.842. The van der Waals surface area contributed by atoms with Crippen LogP contribution in [0.4, 0.5) is 0 Å². The number of aliphatic hydroxyl groups is 1. The second kappa shape index (κ2) is 3.57. The monoisotopic (exact) mass is 281 g/mol. The quantitative estimate of drug-likeness (QED) is 0.593. The first-order valence-corrected chi connectivity index (χ1v) is 9.02. The fourth-order valence-corrected chi connectivity index (χ4v) is 8.84. The summed E-state index contributed by atoms with van der Waals surface area (Å²) in [6, 6.07) is 2.59. The summed E-state index contributed by atoms with van der Waals surface area (Å²) in [7, 11) is 0. The first-order valence-electron chi connectivity index (χ1n) is 9.02. The summed E-state index contributed by atoms with van der Waals surface area (Å²) in [6.45, 7) is 0.250. The van der Waals surface area contributed by atoms with Crippen LogP contribution in [-0.2, 0) is 0 Å². The van der Waals surface area contributed by atoms with Crippen molar-refractivity contribution in [3.05, 3.63) is 12.2 Å². The average molecular weight is 281 g/mol. The zero-order chi connectivity index (χ0) is 13.9. The molecule has 6 aliphatic rings. The molecule has 0 heterocycles. The van der Waals surface area contributed by atoms with Gasteiger partial charge >= 0.3 is 0 Å². The van der Waals surface area contributed by atoms with E-state index in [9.17, 15) is 10.4 Å². The highest BCUT2D eigenvalue weighted by Gasteiger charge is 2.72. The summed E-state index contributed by atoms with van der Waals surface area (Å²) >= 11 is 0. The third kappa shape index (κ3) is 1.09. The minimum absolute atomic E-state index is 0.160. The lowest BCUT2D eigenvalue weighted by Crippen LogP contribution is -2.45. The second-order valence-corrected chi connectivity index (χ2v) is 8.89. The van der Waals surface area contributed by atoms with Crippen LogP contribution in [0.15, 0.2) is 12.2 Å². The molecule has 6 rings (SSSR count). The lowest BCUT2D eigenvalue weighted by atomic mass is 9.57. The molecule has 0 spiro atoms. The van der Waals surface area contributed by atoms with Gasteiger partial charge in [0.05, 0.1) is 12.0 Å². The lowest BCUT2D eigenvalue weighted by molar-refractivity contribution is -0.00171. The van der Waals surface area contributed by atoms with Crippen molar-refractivity contribution < 1.29 is 5.11 Å². The average Bonchev–Trinajstić information content (AvgIpc) is 3.30. The summed E-state index contributed by atoms with van der Waals surface area (Å²) in [4.78, 5) is 0. The highest BCUT2D eigenvalue weighted by atomic mass is 16.3. The van der Waals surface area contributed by atoms with Gasteiger partial charge in [-0.2, -0.15) is 5.26 Å². The molecule has 0 radical (unpaired) electrons. The van der Waals surface area contributed by atoms with Gasteiger partial charge in [-0.3, -0.25) is 0 Å². The van der Waals surface area contributed by atoms with Crippen LogP contribution in [0.1, 0.15) is 19.3 Å². The molecule has 12 atom stereocenters. The van der Waals surface area contributed by atoms with Crippen LogP contribution in [0.3, 0.4) is 0 Å². The minimum atomic E-state index is 0.160. The Kier molecular flexibility index (Phi) is 1.99. The van der Waals surface area contributed by atoms with Gasteiger partial charge in [0.25, 0.3) is 0 Å². The van der Waals surface area contributed by atoms with E-state index in [2.05, 4.69) is 18.2 Å². The van der Waals surface area contributed by atoms with Gasteiger partial charge in [-0.1, -0.05) is 12.2 Å². The van der Waals surface area contributed by atoms with Gasteiger partial charge in [0.15, 0.2) is 0 Å². The van der Waals surface area contributed by atoms with Crippen LogP contribution in [0.2, 0.25) is 0 Å². The Morgan fingerprint density at radius 1 is 0.857 bits per heavy atom. The summed E-state index contributed by atoms with van der Waals surface area (Å²) in [6.07, 6.45) is 9.20. The van der Waals surface area contributed by atoms with Crippen molar-refractivity contribution in [1.82, 2.24) is 0 Å². The molecule has 2 nitrogen and oxygen atoms in total. The number of hydrogen-bond donors (Lipinski definition) is 1. The van der Waals surface area contributed by atoms with Gasteiger partial charge in [0.2, 0.25) is 0 Å². The number of rotatable bonds is 1. The first-order chi connectivity index (χ1) is 10.3. The Balaban J connectivity index is 1.42. The van der Waals surface area contributed by atoms with E-state index in [1.807, 2.05) is 0 Å². The van der Waals surface area contributed by atoms with Gasteiger partial charge in [-0.05, 0) is 78.4 Å². The minimum Gasteiger partial charge on any atom is -0.396 e. The Morgan fingerprint density at radius 2 is 1.48 bits per heavy atom. The lowest BCUT2D eigenvalue weighted by Gasteiger charge is -2.47. The molecular formula is C19H23NO. The van der Waals surface area contributed by atoms with Crippen molar-refractivity contribution in [3.8, 4) is 6.07 Å². The molecule has 2 heteroatoms. The van der Waals surface area contributed by atoms with Crippen LogP contribution in [0.5, 0.6) is 0 Å². The third-order valence-corrected chi connectivity index (χ3v) is 8.91. The molecule has 5 fully saturated rings. The Morgan fingerprint density at radius 3 is 2.10 bits per heavy atom. The highest BCUT2D eigenvalue weighted by Crippen LogP contribution is 2.77. The highest BCUT2D eigenvalue weighted by molar-refractivity contribution is 5.26. The molecule has 0 saturated heterocycles. The number of nitrogens with zero attached hydrogens (tertiary/aromatic N) is 1. The predicted octanol–water partition coefficient (Wildman–Crippen LogP) is 2.70. The number of allylic oxidation sites excluding steroid dienone is 2. The molecule has 21 heavy (non-hydrogen) atoms. The van der Waals surface area contributed by atoms with Crippen LogP contribution < -0.4 is 0 Å². The normalized spacial score (nSPS) is 67.6. The maximum Gasteiger partial charge on any atom is 0.0662 e. The summed E-state index contributed by atoms with van der Waals surface area (Å²) < 4.78 is 0. The summed E-state index contributed by atoms with van der Waals surface area (Å²) in [5.41, 5.74) is 0. The zero-order valence-electron chi connectivity index (χ0n) is 12.3. The molecule has 0 aliphatic heterocycles. The van der Waals surface area contributed by atoms with Crippen molar-refractivity contribution in [2.45, 2.75) is 19.3 Å². The van der Waals surface area contributed by atoms with Crippen LogP contribution in [0.25, 0.3) is 0 Å². The van der Waals surface area contributed by atoms with Gasteiger partial charge in [-0.25, -0.2) is 0 Å². The molecule has 12 unspecified atom stereocenters. The Hall–Kier alpha value is -0.810. The molecule has 110 valence electrons. The van der Waals surface area contributed by atoms with Gasteiger partial charge in [-0.15, -0.1) is 0 Å². The number of fused-ring (bicyclic) bond motifs is 16. The molecule has 0 aromatic heterocycles. The van der Waals surface area contributed by atoms with Crippen LogP contribution >= 0.6 is 0 Å². The Bertz CT molecular complexity index is 577. The van der Waals surface area contributed by atoms with Crippen molar-refractivity contribution >= 4 is 0 Å². The third-order valence-electron chi connectivity index (χ3n) is 8.91. The van der Waals surface area contributed by atoms with Crippen LogP contribution in [0, 0.1) is 82.3 Å². The standard InChI is InChI=1S/C19H23NO/c20-6-14-10-4-11(15(14)7-21)19-13-5-12(18(10)19)16-8-1-2-9(3-8)17(13)16/h1-2,8-19,21H,3-5,7H2. The molecule has 0 amide bonds. The van der Waals surface area contributed by atoms with E-state index < -0.39 is 0 Å². The van der Waals surface area contributed by atoms with Crippen molar-refractivity contribution in [3.63, 3.8) is 0 Å². The van der Waals surface area contributed by atoms with Crippen molar-refractivity contribution in [2.24, 2.45) is 71.0 Å². The summed E-state index contributed by atoms with van der Waals surface area (Å²) in [5.74, 6) is 9.05. The largest absolute Gasteiger partial charge is 0.396 e. The summed E-state index contributed by atoms with van der Waals surface area (Å²) in [5, 5.41) is 19.4. The topological polar surface area (TPSA) is 44.0 Å². The molecule has 0 aromatic rings. The molecular weight excluding hydrogens is 258 g/mol. The van der Waals surface area contributed by atoms with Crippen LogP contribution in [-0.4, -0.2) is 11.7 Å². The second-order valence-electron chi connectivity index (χ2n) is 8.89. The fourth-order valence-electron chi connectivity index (χ4n) is 8.84. The molecule has 5 saturated carbocycles. The molecule has 6 aliphatic carbocycles. The van der Waals surface area contributed by atoms with E-state index >= 15 is 0 Å².